The highest BCUT2D eigenvalue weighted by Gasteiger charge is 2.13. The molecule has 2 aromatic rings. The van der Waals surface area contributed by atoms with Gasteiger partial charge in [0.25, 0.3) is 0 Å². The SMILES string of the molecule is O=CC[C@H](c1ccccc1)c1ccc(F)cc1. The van der Waals surface area contributed by atoms with Crippen molar-refractivity contribution in [3.63, 3.8) is 0 Å². The molecular weight excluding hydrogens is 215 g/mol. The number of aldehydes is 1. The van der Waals surface area contributed by atoms with E-state index in [0.717, 1.165) is 17.4 Å². The topological polar surface area (TPSA) is 17.1 Å². The summed E-state index contributed by atoms with van der Waals surface area (Å²) in [7, 11) is 0. The lowest BCUT2D eigenvalue weighted by Crippen LogP contribution is -2.01. The number of carbonyl (C=O) groups excluding carboxylic acids is 1. The van der Waals surface area contributed by atoms with Crippen LogP contribution in [0.25, 0.3) is 0 Å². The second-order valence-corrected chi connectivity index (χ2v) is 3.92. The molecule has 0 aliphatic heterocycles. The minimum Gasteiger partial charge on any atom is -0.303 e. The number of rotatable bonds is 4. The van der Waals surface area contributed by atoms with Crippen LogP contribution in [0.2, 0.25) is 0 Å². The van der Waals surface area contributed by atoms with Crippen LogP contribution in [0.3, 0.4) is 0 Å². The number of hydrogen-bond donors (Lipinski definition) is 0. The van der Waals surface area contributed by atoms with Gasteiger partial charge in [-0.1, -0.05) is 42.5 Å². The van der Waals surface area contributed by atoms with Crippen LogP contribution in [0.15, 0.2) is 54.6 Å². The highest BCUT2D eigenvalue weighted by molar-refractivity contribution is 5.54. The van der Waals surface area contributed by atoms with Crippen molar-refractivity contribution in [3.05, 3.63) is 71.5 Å². The minimum absolute atomic E-state index is 0.00861. The Morgan fingerprint density at radius 2 is 1.53 bits per heavy atom. The van der Waals surface area contributed by atoms with E-state index in [4.69, 9.17) is 0 Å². The van der Waals surface area contributed by atoms with Crippen LogP contribution in [-0.4, -0.2) is 6.29 Å². The fraction of sp³-hybridized carbons (Fsp3) is 0.133. The predicted octanol–water partition coefficient (Wildman–Crippen LogP) is 3.55. The molecule has 1 nitrogen and oxygen atoms in total. The molecule has 0 radical (unpaired) electrons. The first-order valence-corrected chi connectivity index (χ1v) is 5.55. The van der Waals surface area contributed by atoms with E-state index >= 15 is 0 Å². The number of carbonyl (C=O) groups is 1. The molecule has 0 N–H and O–H groups in total. The van der Waals surface area contributed by atoms with Gasteiger partial charge < -0.3 is 4.79 Å². The van der Waals surface area contributed by atoms with Gasteiger partial charge in [-0.3, -0.25) is 0 Å². The number of benzene rings is 2. The van der Waals surface area contributed by atoms with E-state index < -0.39 is 0 Å². The van der Waals surface area contributed by atoms with Gasteiger partial charge in [0, 0.05) is 12.3 Å². The molecule has 0 aromatic heterocycles. The summed E-state index contributed by atoms with van der Waals surface area (Å²) in [5.41, 5.74) is 2.04. The largest absolute Gasteiger partial charge is 0.303 e. The van der Waals surface area contributed by atoms with Crippen molar-refractivity contribution in [2.75, 3.05) is 0 Å². The molecular formula is C15H13FO. The van der Waals surface area contributed by atoms with Crippen LogP contribution in [-0.2, 0) is 4.79 Å². The molecule has 0 spiro atoms. The highest BCUT2D eigenvalue weighted by atomic mass is 19.1. The van der Waals surface area contributed by atoms with Crippen LogP contribution in [0.1, 0.15) is 23.5 Å². The van der Waals surface area contributed by atoms with E-state index in [1.165, 1.54) is 12.1 Å². The van der Waals surface area contributed by atoms with E-state index in [9.17, 15) is 9.18 Å². The summed E-state index contributed by atoms with van der Waals surface area (Å²) in [6.45, 7) is 0. The van der Waals surface area contributed by atoms with E-state index in [1.54, 1.807) is 12.1 Å². The summed E-state index contributed by atoms with van der Waals surface area (Å²) >= 11 is 0. The Kier molecular flexibility index (Phi) is 3.66. The Hall–Kier alpha value is -1.96. The highest BCUT2D eigenvalue weighted by Crippen LogP contribution is 2.27. The van der Waals surface area contributed by atoms with Gasteiger partial charge >= 0.3 is 0 Å². The monoisotopic (exact) mass is 228 g/mol. The Morgan fingerprint density at radius 3 is 2.12 bits per heavy atom. The lowest BCUT2D eigenvalue weighted by atomic mass is 9.89. The second-order valence-electron chi connectivity index (χ2n) is 3.92. The van der Waals surface area contributed by atoms with Gasteiger partial charge in [0.05, 0.1) is 0 Å². The van der Waals surface area contributed by atoms with Gasteiger partial charge in [0.1, 0.15) is 12.1 Å². The van der Waals surface area contributed by atoms with Crippen molar-refractivity contribution in [2.24, 2.45) is 0 Å². The zero-order valence-electron chi connectivity index (χ0n) is 9.34. The molecule has 0 saturated heterocycles. The Morgan fingerprint density at radius 1 is 0.941 bits per heavy atom. The molecule has 0 aliphatic rings. The maximum Gasteiger partial charge on any atom is 0.123 e. The Balaban J connectivity index is 2.35. The zero-order valence-corrected chi connectivity index (χ0v) is 9.34. The van der Waals surface area contributed by atoms with Gasteiger partial charge in [0.15, 0.2) is 0 Å². The van der Waals surface area contributed by atoms with Crippen molar-refractivity contribution in [3.8, 4) is 0 Å². The first-order valence-electron chi connectivity index (χ1n) is 5.55. The van der Waals surface area contributed by atoms with Gasteiger partial charge in [-0.2, -0.15) is 0 Å². The van der Waals surface area contributed by atoms with Crippen molar-refractivity contribution in [1.82, 2.24) is 0 Å². The first-order chi connectivity index (χ1) is 8.31. The normalized spacial score (nSPS) is 12.1. The third kappa shape index (κ3) is 2.78. The van der Waals surface area contributed by atoms with Crippen LogP contribution in [0.4, 0.5) is 4.39 Å². The molecule has 0 fully saturated rings. The van der Waals surface area contributed by atoms with Crippen LogP contribution >= 0.6 is 0 Å². The lowest BCUT2D eigenvalue weighted by molar-refractivity contribution is -0.108. The Labute approximate surface area is 99.9 Å². The average molecular weight is 228 g/mol. The van der Waals surface area contributed by atoms with Gasteiger partial charge in [-0.25, -0.2) is 4.39 Å². The maximum atomic E-state index is 12.9. The summed E-state index contributed by atoms with van der Waals surface area (Å²) in [4.78, 5) is 10.8. The Bertz CT molecular complexity index is 476. The van der Waals surface area contributed by atoms with Crippen LogP contribution < -0.4 is 0 Å². The zero-order chi connectivity index (χ0) is 12.1. The van der Waals surface area contributed by atoms with Crippen LogP contribution in [0, 0.1) is 5.82 Å². The standard InChI is InChI=1S/C15H13FO/c16-14-8-6-13(7-9-14)15(10-11-17)12-4-2-1-3-5-12/h1-9,11,15H,10H2/t15-/m1/s1. The van der Waals surface area contributed by atoms with Crippen molar-refractivity contribution < 1.29 is 9.18 Å². The van der Waals surface area contributed by atoms with E-state index in [1.807, 2.05) is 30.3 Å². The summed E-state index contributed by atoms with van der Waals surface area (Å²) in [5, 5.41) is 0. The van der Waals surface area contributed by atoms with E-state index in [0.29, 0.717) is 6.42 Å². The van der Waals surface area contributed by atoms with Gasteiger partial charge in [-0.05, 0) is 23.3 Å². The second kappa shape index (κ2) is 5.39. The molecule has 1 atom stereocenters. The lowest BCUT2D eigenvalue weighted by Gasteiger charge is -2.15. The molecule has 17 heavy (non-hydrogen) atoms. The maximum absolute atomic E-state index is 12.9. The first kappa shape index (κ1) is 11.5. The third-order valence-electron chi connectivity index (χ3n) is 2.81. The number of halogens is 1. The number of hydrogen-bond acceptors (Lipinski definition) is 1. The summed E-state index contributed by atoms with van der Waals surface area (Å²) < 4.78 is 12.9. The molecule has 2 aromatic carbocycles. The molecule has 0 amide bonds. The molecule has 0 bridgehead atoms. The quantitative estimate of drug-likeness (QED) is 0.731. The van der Waals surface area contributed by atoms with E-state index in [-0.39, 0.29) is 11.7 Å². The molecule has 2 rings (SSSR count). The molecule has 0 unspecified atom stereocenters. The molecule has 0 aliphatic carbocycles. The third-order valence-corrected chi connectivity index (χ3v) is 2.81. The van der Waals surface area contributed by atoms with Crippen molar-refractivity contribution in [2.45, 2.75) is 12.3 Å². The smallest absolute Gasteiger partial charge is 0.123 e. The van der Waals surface area contributed by atoms with Gasteiger partial charge in [0.2, 0.25) is 0 Å². The van der Waals surface area contributed by atoms with E-state index in [2.05, 4.69) is 0 Å². The van der Waals surface area contributed by atoms with Gasteiger partial charge in [-0.15, -0.1) is 0 Å². The minimum atomic E-state index is -0.258. The molecule has 86 valence electrons. The summed E-state index contributed by atoms with van der Waals surface area (Å²) in [5.74, 6) is -0.249. The molecule has 0 saturated carbocycles. The fourth-order valence-corrected chi connectivity index (χ4v) is 1.94. The van der Waals surface area contributed by atoms with Crippen molar-refractivity contribution in [1.29, 1.82) is 0 Å². The van der Waals surface area contributed by atoms with Crippen LogP contribution in [0.5, 0.6) is 0 Å². The fourth-order valence-electron chi connectivity index (χ4n) is 1.94. The average Bonchev–Trinajstić information content (AvgIpc) is 2.38. The summed E-state index contributed by atoms with van der Waals surface area (Å²) in [6.07, 6.45) is 1.32. The predicted molar refractivity (Wildman–Crippen MR) is 65.4 cm³/mol. The summed E-state index contributed by atoms with van der Waals surface area (Å²) in [6, 6.07) is 16.1. The van der Waals surface area contributed by atoms with Crippen molar-refractivity contribution >= 4 is 6.29 Å². The molecule has 0 heterocycles. The molecule has 2 heteroatoms.